The number of halogens is 1. The lowest BCUT2D eigenvalue weighted by atomic mass is 10.0. The minimum Gasteiger partial charge on any atom is -0.320 e. The Labute approximate surface area is 109 Å². The first-order valence-electron chi connectivity index (χ1n) is 5.97. The summed E-state index contributed by atoms with van der Waals surface area (Å²) in [5.41, 5.74) is -0.414. The molecule has 6 nitrogen and oxygen atoms in total. The van der Waals surface area contributed by atoms with Crippen molar-refractivity contribution >= 4 is 17.3 Å². The van der Waals surface area contributed by atoms with E-state index in [1.54, 1.807) is 0 Å². The average Bonchev–Trinajstić information content (AvgIpc) is 2.77. The largest absolute Gasteiger partial charge is 0.320 e. The van der Waals surface area contributed by atoms with Crippen LogP contribution < -0.4 is 10.6 Å². The molecule has 1 fully saturated rings. The van der Waals surface area contributed by atoms with E-state index in [0.29, 0.717) is 6.42 Å². The first-order valence-corrected chi connectivity index (χ1v) is 5.97. The van der Waals surface area contributed by atoms with E-state index in [9.17, 15) is 19.3 Å². The zero-order chi connectivity index (χ0) is 14.0. The number of amides is 1. The summed E-state index contributed by atoms with van der Waals surface area (Å²) in [5.74, 6) is -1.22. The lowest BCUT2D eigenvalue weighted by Gasteiger charge is -2.14. The fourth-order valence-corrected chi connectivity index (χ4v) is 2.20. The smallest absolute Gasteiger partial charge is 0.295 e. The molecule has 1 aliphatic heterocycles. The minimum atomic E-state index is -0.713. The van der Waals surface area contributed by atoms with Crippen molar-refractivity contribution in [2.24, 2.45) is 5.92 Å². The van der Waals surface area contributed by atoms with Gasteiger partial charge < -0.3 is 10.6 Å². The van der Waals surface area contributed by atoms with Gasteiger partial charge in [0.2, 0.25) is 5.91 Å². The normalized spacial score (nSPS) is 22.2. The van der Waals surface area contributed by atoms with Crippen LogP contribution in [-0.4, -0.2) is 23.4 Å². The third-order valence-corrected chi connectivity index (χ3v) is 3.28. The standard InChI is InChI=1S/C12H14FN3O3/c1-7-9(4-5-14-7)12(17)15-10-3-2-8(13)6-11(10)16(18)19/h2-3,6-7,9,14H,4-5H2,1H3,(H,15,17). The van der Waals surface area contributed by atoms with Crippen molar-refractivity contribution in [1.29, 1.82) is 0 Å². The summed E-state index contributed by atoms with van der Waals surface area (Å²) in [4.78, 5) is 22.1. The first-order chi connectivity index (χ1) is 8.99. The highest BCUT2D eigenvalue weighted by molar-refractivity contribution is 5.95. The van der Waals surface area contributed by atoms with Gasteiger partial charge in [-0.05, 0) is 32.0 Å². The Morgan fingerprint density at radius 3 is 2.89 bits per heavy atom. The number of anilines is 1. The molecule has 1 aromatic carbocycles. The maximum atomic E-state index is 13.0. The molecule has 0 radical (unpaired) electrons. The summed E-state index contributed by atoms with van der Waals surface area (Å²) in [6.45, 7) is 2.63. The Balaban J connectivity index is 2.19. The van der Waals surface area contributed by atoms with Crippen molar-refractivity contribution in [2.75, 3.05) is 11.9 Å². The fraction of sp³-hybridized carbons (Fsp3) is 0.417. The molecule has 2 atom stereocenters. The monoisotopic (exact) mass is 267 g/mol. The summed E-state index contributed by atoms with van der Waals surface area (Å²) >= 11 is 0. The van der Waals surface area contributed by atoms with Gasteiger partial charge in [0.15, 0.2) is 0 Å². The molecule has 1 heterocycles. The molecule has 2 N–H and O–H groups in total. The highest BCUT2D eigenvalue weighted by Crippen LogP contribution is 2.26. The number of nitro groups is 1. The first kappa shape index (κ1) is 13.4. The van der Waals surface area contributed by atoms with Crippen LogP contribution in [0.25, 0.3) is 0 Å². The Morgan fingerprint density at radius 1 is 1.58 bits per heavy atom. The van der Waals surface area contributed by atoms with Gasteiger partial charge >= 0.3 is 0 Å². The van der Waals surface area contributed by atoms with Crippen molar-refractivity contribution < 1.29 is 14.1 Å². The summed E-state index contributed by atoms with van der Waals surface area (Å²) in [7, 11) is 0. The Kier molecular flexibility index (Phi) is 3.75. The van der Waals surface area contributed by atoms with Crippen molar-refractivity contribution in [3.05, 3.63) is 34.1 Å². The quantitative estimate of drug-likeness (QED) is 0.644. The summed E-state index contributed by atoms with van der Waals surface area (Å²) in [6.07, 6.45) is 0.683. The van der Waals surface area contributed by atoms with Gasteiger partial charge in [0.05, 0.1) is 16.9 Å². The molecule has 2 unspecified atom stereocenters. The maximum Gasteiger partial charge on any atom is 0.295 e. The van der Waals surface area contributed by atoms with Crippen molar-refractivity contribution in [1.82, 2.24) is 5.32 Å². The summed E-state index contributed by atoms with van der Waals surface area (Å²) in [5, 5.41) is 16.4. The zero-order valence-corrected chi connectivity index (χ0v) is 10.4. The Morgan fingerprint density at radius 2 is 2.32 bits per heavy atom. The maximum absolute atomic E-state index is 13.0. The van der Waals surface area contributed by atoms with Crippen LogP contribution >= 0.6 is 0 Å². The number of benzene rings is 1. The van der Waals surface area contributed by atoms with Crippen LogP contribution in [0.3, 0.4) is 0 Å². The van der Waals surface area contributed by atoms with E-state index in [1.165, 1.54) is 6.07 Å². The predicted octanol–water partition coefficient (Wildman–Crippen LogP) is 1.67. The molecule has 7 heteroatoms. The van der Waals surface area contributed by atoms with Gasteiger partial charge in [0.1, 0.15) is 11.5 Å². The lowest BCUT2D eigenvalue weighted by Crippen LogP contribution is -2.32. The molecule has 2 rings (SSSR count). The molecule has 0 spiro atoms. The predicted molar refractivity (Wildman–Crippen MR) is 67.3 cm³/mol. The van der Waals surface area contributed by atoms with Gasteiger partial charge in [0, 0.05) is 6.04 Å². The van der Waals surface area contributed by atoms with Gasteiger partial charge in [-0.15, -0.1) is 0 Å². The molecule has 0 saturated carbocycles. The van der Waals surface area contributed by atoms with Crippen LogP contribution in [0.5, 0.6) is 0 Å². The molecule has 19 heavy (non-hydrogen) atoms. The third-order valence-electron chi connectivity index (χ3n) is 3.28. The SMILES string of the molecule is CC1NCCC1C(=O)Nc1ccc(F)cc1[N+](=O)[O-]. The number of hydrogen-bond donors (Lipinski definition) is 2. The van der Waals surface area contributed by atoms with Gasteiger partial charge in [-0.2, -0.15) is 0 Å². The molecular formula is C12H14FN3O3. The van der Waals surface area contributed by atoms with Crippen molar-refractivity contribution in [3.8, 4) is 0 Å². The van der Waals surface area contributed by atoms with Gasteiger partial charge in [0.25, 0.3) is 5.69 Å². The molecule has 0 aliphatic carbocycles. The average molecular weight is 267 g/mol. The topological polar surface area (TPSA) is 84.3 Å². The summed E-state index contributed by atoms with van der Waals surface area (Å²) in [6, 6.07) is 3.11. The highest BCUT2D eigenvalue weighted by atomic mass is 19.1. The molecule has 0 aromatic heterocycles. The minimum absolute atomic E-state index is 0.0236. The van der Waals surface area contributed by atoms with Gasteiger partial charge in [-0.1, -0.05) is 0 Å². The molecule has 0 bridgehead atoms. The van der Waals surface area contributed by atoms with Crippen molar-refractivity contribution in [3.63, 3.8) is 0 Å². The number of nitrogens with zero attached hydrogens (tertiary/aromatic N) is 1. The molecular weight excluding hydrogens is 253 g/mol. The van der Waals surface area contributed by atoms with E-state index < -0.39 is 16.4 Å². The van der Waals surface area contributed by atoms with E-state index in [1.807, 2.05) is 6.92 Å². The van der Waals surface area contributed by atoms with Gasteiger partial charge in [-0.3, -0.25) is 14.9 Å². The number of rotatable bonds is 3. The molecule has 102 valence electrons. The van der Waals surface area contributed by atoms with E-state index in [0.717, 1.165) is 18.7 Å². The highest BCUT2D eigenvalue weighted by Gasteiger charge is 2.30. The zero-order valence-electron chi connectivity index (χ0n) is 10.4. The van der Waals surface area contributed by atoms with Crippen LogP contribution in [0, 0.1) is 21.8 Å². The third kappa shape index (κ3) is 2.87. The fourth-order valence-electron chi connectivity index (χ4n) is 2.20. The molecule has 1 aromatic rings. The molecule has 1 amide bonds. The van der Waals surface area contributed by atoms with E-state index in [4.69, 9.17) is 0 Å². The van der Waals surface area contributed by atoms with Gasteiger partial charge in [-0.25, -0.2) is 4.39 Å². The van der Waals surface area contributed by atoms with E-state index in [-0.39, 0.29) is 23.6 Å². The molecule has 1 saturated heterocycles. The second kappa shape index (κ2) is 5.31. The van der Waals surface area contributed by atoms with Crippen molar-refractivity contribution in [2.45, 2.75) is 19.4 Å². The number of nitro benzene ring substituents is 1. The van der Waals surface area contributed by atoms with Crippen LogP contribution in [0.4, 0.5) is 15.8 Å². The number of carbonyl (C=O) groups is 1. The number of hydrogen-bond acceptors (Lipinski definition) is 4. The van der Waals surface area contributed by atoms with Crippen LogP contribution in [0.15, 0.2) is 18.2 Å². The lowest BCUT2D eigenvalue weighted by molar-refractivity contribution is -0.384. The van der Waals surface area contributed by atoms with Crippen LogP contribution in [0.1, 0.15) is 13.3 Å². The summed E-state index contributed by atoms with van der Waals surface area (Å²) < 4.78 is 13.0. The molecule has 1 aliphatic rings. The number of nitrogens with one attached hydrogen (secondary N) is 2. The second-order valence-electron chi connectivity index (χ2n) is 4.55. The Hall–Kier alpha value is -2.02. The van der Waals surface area contributed by atoms with Crippen LogP contribution in [0.2, 0.25) is 0 Å². The van der Waals surface area contributed by atoms with Crippen LogP contribution in [-0.2, 0) is 4.79 Å². The Bertz CT molecular complexity index is 521. The van der Waals surface area contributed by atoms with E-state index >= 15 is 0 Å². The number of carbonyl (C=O) groups excluding carboxylic acids is 1. The van der Waals surface area contributed by atoms with E-state index in [2.05, 4.69) is 10.6 Å². The second-order valence-corrected chi connectivity index (χ2v) is 4.55.